The molecule has 1 rings (SSSR count). The molecule has 0 unspecified atom stereocenters. The Morgan fingerprint density at radius 2 is 2.18 bits per heavy atom. The van der Waals surface area contributed by atoms with Gasteiger partial charge in [-0.15, -0.1) is 0 Å². The quantitative estimate of drug-likeness (QED) is 0.373. The second-order valence-electron chi connectivity index (χ2n) is 2.08. The summed E-state index contributed by atoms with van der Waals surface area (Å²) >= 11 is 0. The highest BCUT2D eigenvalue weighted by molar-refractivity contribution is 5.59. The van der Waals surface area contributed by atoms with E-state index in [1.807, 2.05) is 0 Å². The molecule has 7 N–H and O–H groups in total. The minimum atomic E-state index is -0.254. The van der Waals surface area contributed by atoms with E-state index in [0.29, 0.717) is 24.6 Å². The van der Waals surface area contributed by atoms with Crippen LogP contribution in [0.3, 0.4) is 0 Å². The van der Waals surface area contributed by atoms with Crippen LogP contribution < -0.4 is 22.3 Å². The molecule has 0 aliphatic carbocycles. The topological polar surface area (TPSA) is 113 Å². The molecule has 6 nitrogen and oxygen atoms in total. The second-order valence-corrected chi connectivity index (χ2v) is 2.08. The van der Waals surface area contributed by atoms with Gasteiger partial charge in [-0.3, -0.25) is 15.0 Å². The maximum absolute atomic E-state index is 10.9. The summed E-state index contributed by atoms with van der Waals surface area (Å²) in [6.07, 6.45) is 0. The molecule has 0 aliphatic rings. The van der Waals surface area contributed by atoms with Crippen LogP contribution >= 0.6 is 0 Å². The van der Waals surface area contributed by atoms with E-state index in [4.69, 9.17) is 11.5 Å². The number of nitrogens with one attached hydrogen (secondary N) is 3. The first-order chi connectivity index (χ1) is 5.25. The first kappa shape index (κ1) is 7.67. The molecule has 0 aliphatic heterocycles. The molecule has 0 fully saturated rings. The first-order valence-electron chi connectivity index (χ1n) is 3.25. The summed E-state index contributed by atoms with van der Waals surface area (Å²) in [6.45, 7) is 0.995. The third-order valence-electron chi connectivity index (χ3n) is 1.25. The van der Waals surface area contributed by atoms with E-state index in [-0.39, 0.29) is 5.56 Å². The van der Waals surface area contributed by atoms with Crippen molar-refractivity contribution < 1.29 is 0 Å². The van der Waals surface area contributed by atoms with E-state index in [1.165, 1.54) is 0 Å². The lowest BCUT2D eigenvalue weighted by Crippen LogP contribution is -2.17. The Kier molecular flexibility index (Phi) is 2.17. The summed E-state index contributed by atoms with van der Waals surface area (Å²) in [4.78, 5) is 10.9. The zero-order valence-corrected chi connectivity index (χ0v) is 5.98. The predicted octanol–water partition coefficient (Wildman–Crippen LogP) is -1.34. The van der Waals surface area contributed by atoms with Gasteiger partial charge in [0.2, 0.25) is 0 Å². The fraction of sp³-hybridized carbons (Fsp3) is 0.400. The Morgan fingerprint density at radius 1 is 1.45 bits per heavy atom. The van der Waals surface area contributed by atoms with Crippen LogP contribution in [0.1, 0.15) is 0 Å². The third kappa shape index (κ3) is 1.53. The van der Waals surface area contributed by atoms with Gasteiger partial charge in [-0.1, -0.05) is 0 Å². The van der Waals surface area contributed by atoms with Crippen molar-refractivity contribution in [2.24, 2.45) is 5.73 Å². The summed E-state index contributed by atoms with van der Waals surface area (Å²) in [5.74, 6) is 0.309. The minimum Gasteiger partial charge on any atom is -0.382 e. The lowest BCUT2D eigenvalue weighted by atomic mass is 10.5. The third-order valence-corrected chi connectivity index (χ3v) is 1.25. The van der Waals surface area contributed by atoms with E-state index in [0.717, 1.165) is 0 Å². The molecule has 6 heteroatoms. The van der Waals surface area contributed by atoms with Crippen molar-refractivity contribution in [3.05, 3.63) is 10.4 Å². The molecule has 0 amide bonds. The van der Waals surface area contributed by atoms with E-state index in [9.17, 15) is 4.79 Å². The molecular weight excluding hydrogens is 146 g/mol. The Labute approximate surface area is 62.9 Å². The van der Waals surface area contributed by atoms with Gasteiger partial charge in [-0.25, -0.2) is 0 Å². The van der Waals surface area contributed by atoms with Crippen molar-refractivity contribution in [2.45, 2.75) is 0 Å². The summed E-state index contributed by atoms with van der Waals surface area (Å²) in [7, 11) is 0. The molecule has 1 aromatic rings. The van der Waals surface area contributed by atoms with Crippen LogP contribution in [0.5, 0.6) is 0 Å². The average molecular weight is 157 g/mol. The second kappa shape index (κ2) is 3.11. The van der Waals surface area contributed by atoms with Gasteiger partial charge in [0.15, 0.2) is 0 Å². The molecule has 0 spiro atoms. The smallest absolute Gasteiger partial charge is 0.289 e. The number of nitrogens with two attached hydrogens (primary N) is 2. The number of aromatic nitrogens is 2. The molecule has 11 heavy (non-hydrogen) atoms. The van der Waals surface area contributed by atoms with Gasteiger partial charge in [0, 0.05) is 13.1 Å². The number of nitrogen functional groups attached to an aromatic ring is 1. The van der Waals surface area contributed by atoms with Crippen molar-refractivity contribution in [1.29, 1.82) is 0 Å². The number of aromatic amines is 2. The maximum Gasteiger partial charge on any atom is 0.289 e. The maximum atomic E-state index is 10.9. The van der Waals surface area contributed by atoms with Crippen molar-refractivity contribution in [3.63, 3.8) is 0 Å². The zero-order chi connectivity index (χ0) is 8.27. The largest absolute Gasteiger partial charge is 0.382 e. The van der Waals surface area contributed by atoms with Crippen LogP contribution in [0.15, 0.2) is 4.79 Å². The van der Waals surface area contributed by atoms with Gasteiger partial charge in [-0.05, 0) is 0 Å². The Bertz CT molecular complexity index is 275. The molecular formula is C5H11N5O. The lowest BCUT2D eigenvalue weighted by Gasteiger charge is -1.99. The van der Waals surface area contributed by atoms with E-state index < -0.39 is 0 Å². The van der Waals surface area contributed by atoms with Gasteiger partial charge in [0.25, 0.3) is 5.56 Å². The van der Waals surface area contributed by atoms with Crippen LogP contribution in [0.2, 0.25) is 0 Å². The van der Waals surface area contributed by atoms with Gasteiger partial charge in [-0.2, -0.15) is 0 Å². The highest BCUT2D eigenvalue weighted by Crippen LogP contribution is 2.05. The number of hydrogen-bond acceptors (Lipinski definition) is 4. The van der Waals surface area contributed by atoms with Crippen LogP contribution in [0.4, 0.5) is 11.5 Å². The minimum absolute atomic E-state index is 0.254. The van der Waals surface area contributed by atoms with Crippen LogP contribution in [0.25, 0.3) is 0 Å². The monoisotopic (exact) mass is 157 g/mol. The van der Waals surface area contributed by atoms with Crippen LogP contribution in [0, 0.1) is 0 Å². The molecule has 0 radical (unpaired) electrons. The Morgan fingerprint density at radius 3 is 2.64 bits per heavy atom. The normalized spacial score (nSPS) is 9.91. The lowest BCUT2D eigenvalue weighted by molar-refractivity contribution is 1.02. The highest BCUT2D eigenvalue weighted by atomic mass is 16.1. The molecule has 0 saturated carbocycles. The van der Waals surface area contributed by atoms with E-state index >= 15 is 0 Å². The molecule has 1 heterocycles. The van der Waals surface area contributed by atoms with Gasteiger partial charge in [0.05, 0.1) is 0 Å². The SMILES string of the molecule is NCCNc1c(N)[nH][nH]c1=O. The molecule has 0 atom stereocenters. The average Bonchev–Trinajstić information content (AvgIpc) is 2.29. The Balaban J connectivity index is 2.75. The molecule has 1 aromatic heterocycles. The standard InChI is InChI=1S/C5H11N5O/c6-1-2-8-3-4(7)9-10-5(3)11/h8H,1-2,6H2,(H4,7,9,10,11). The summed E-state index contributed by atoms with van der Waals surface area (Å²) in [6, 6.07) is 0. The van der Waals surface area contributed by atoms with Crippen molar-refractivity contribution in [3.8, 4) is 0 Å². The fourth-order valence-electron chi connectivity index (χ4n) is 0.744. The number of rotatable bonds is 3. The first-order valence-corrected chi connectivity index (χ1v) is 3.25. The number of anilines is 2. The van der Waals surface area contributed by atoms with Crippen molar-refractivity contribution in [2.75, 3.05) is 24.1 Å². The van der Waals surface area contributed by atoms with E-state index in [1.54, 1.807) is 0 Å². The van der Waals surface area contributed by atoms with Crippen molar-refractivity contribution >= 4 is 11.5 Å². The molecule has 62 valence electrons. The predicted molar refractivity (Wildman–Crippen MR) is 43.4 cm³/mol. The summed E-state index contributed by atoms with van der Waals surface area (Å²) in [5.41, 5.74) is 10.7. The van der Waals surface area contributed by atoms with Gasteiger partial charge >= 0.3 is 0 Å². The number of H-pyrrole nitrogens is 2. The highest BCUT2D eigenvalue weighted by Gasteiger charge is 2.03. The molecule has 0 bridgehead atoms. The Hall–Kier alpha value is -1.43. The molecule has 0 saturated heterocycles. The zero-order valence-electron chi connectivity index (χ0n) is 5.98. The molecule has 0 aromatic carbocycles. The van der Waals surface area contributed by atoms with Crippen molar-refractivity contribution in [1.82, 2.24) is 10.2 Å². The van der Waals surface area contributed by atoms with E-state index in [2.05, 4.69) is 15.5 Å². The van der Waals surface area contributed by atoms with Gasteiger partial charge < -0.3 is 16.8 Å². The van der Waals surface area contributed by atoms with Gasteiger partial charge in [0.1, 0.15) is 11.5 Å². The summed E-state index contributed by atoms with van der Waals surface area (Å²) < 4.78 is 0. The summed E-state index contributed by atoms with van der Waals surface area (Å²) in [5, 5.41) is 7.61. The van der Waals surface area contributed by atoms with Crippen LogP contribution in [-0.2, 0) is 0 Å². The number of hydrogen-bond donors (Lipinski definition) is 5. The fourth-order valence-corrected chi connectivity index (χ4v) is 0.744. The van der Waals surface area contributed by atoms with Crippen LogP contribution in [-0.4, -0.2) is 23.3 Å².